The number of anilines is 1. The van der Waals surface area contributed by atoms with Gasteiger partial charge in [-0.15, -0.1) is 0 Å². The number of halogens is 1. The lowest BCUT2D eigenvalue weighted by Crippen LogP contribution is -2.27. The smallest absolute Gasteiger partial charge is 0.227 e. The first-order chi connectivity index (χ1) is 8.66. The molecule has 0 atom stereocenters. The standard InChI is InChI=1S/C14H19BrN2O/c1-17(13-10-12(15)8-9-16-13)14(18)7-6-11-4-2-3-5-11/h8-11H,2-7H2,1H3. The molecule has 1 aliphatic carbocycles. The second-order valence-corrected chi connectivity index (χ2v) is 5.89. The third-order valence-corrected chi connectivity index (χ3v) is 4.16. The van der Waals surface area contributed by atoms with E-state index < -0.39 is 0 Å². The lowest BCUT2D eigenvalue weighted by Gasteiger charge is -2.17. The summed E-state index contributed by atoms with van der Waals surface area (Å²) >= 11 is 3.39. The summed E-state index contributed by atoms with van der Waals surface area (Å²) in [6.07, 6.45) is 8.63. The van der Waals surface area contributed by atoms with Gasteiger partial charge in [0.1, 0.15) is 5.82 Å². The molecule has 0 N–H and O–H groups in total. The highest BCUT2D eigenvalue weighted by Crippen LogP contribution is 2.29. The summed E-state index contributed by atoms with van der Waals surface area (Å²) in [6, 6.07) is 3.73. The lowest BCUT2D eigenvalue weighted by molar-refractivity contribution is -0.118. The van der Waals surface area contributed by atoms with E-state index in [1.54, 1.807) is 18.1 Å². The molecule has 98 valence electrons. The maximum absolute atomic E-state index is 12.1. The molecule has 1 saturated carbocycles. The van der Waals surface area contributed by atoms with Crippen molar-refractivity contribution in [3.8, 4) is 0 Å². The fourth-order valence-electron chi connectivity index (χ4n) is 2.50. The molecule has 3 nitrogen and oxygen atoms in total. The summed E-state index contributed by atoms with van der Waals surface area (Å²) in [7, 11) is 1.80. The molecular formula is C14H19BrN2O. The Morgan fingerprint density at radius 3 is 2.89 bits per heavy atom. The largest absolute Gasteiger partial charge is 0.300 e. The van der Waals surface area contributed by atoms with Crippen molar-refractivity contribution in [1.82, 2.24) is 4.98 Å². The van der Waals surface area contributed by atoms with E-state index >= 15 is 0 Å². The first kappa shape index (κ1) is 13.5. The minimum atomic E-state index is 0.160. The maximum Gasteiger partial charge on any atom is 0.227 e. The molecule has 1 aromatic heterocycles. The van der Waals surface area contributed by atoms with Gasteiger partial charge in [0.25, 0.3) is 0 Å². The van der Waals surface area contributed by atoms with Crippen molar-refractivity contribution >= 4 is 27.7 Å². The van der Waals surface area contributed by atoms with Crippen LogP contribution in [-0.4, -0.2) is 17.9 Å². The number of amides is 1. The van der Waals surface area contributed by atoms with Gasteiger partial charge in [0.05, 0.1) is 0 Å². The van der Waals surface area contributed by atoms with Crippen LogP contribution in [0.4, 0.5) is 5.82 Å². The molecular weight excluding hydrogens is 292 g/mol. The molecule has 1 aromatic rings. The maximum atomic E-state index is 12.1. The molecule has 0 spiro atoms. The first-order valence-electron chi connectivity index (χ1n) is 6.55. The van der Waals surface area contributed by atoms with Crippen molar-refractivity contribution in [3.63, 3.8) is 0 Å². The average molecular weight is 311 g/mol. The summed E-state index contributed by atoms with van der Waals surface area (Å²) in [5, 5.41) is 0. The molecule has 1 fully saturated rings. The van der Waals surface area contributed by atoms with Gasteiger partial charge in [-0.1, -0.05) is 41.6 Å². The van der Waals surface area contributed by atoms with Crippen molar-refractivity contribution in [2.45, 2.75) is 38.5 Å². The Labute approximate surface area is 117 Å². The van der Waals surface area contributed by atoms with E-state index in [0.717, 1.165) is 16.8 Å². The predicted octanol–water partition coefficient (Wildman–Crippen LogP) is 3.78. The van der Waals surface area contributed by atoms with Gasteiger partial charge in [0.15, 0.2) is 0 Å². The molecule has 4 heteroatoms. The van der Waals surface area contributed by atoms with E-state index in [4.69, 9.17) is 0 Å². The number of hydrogen-bond donors (Lipinski definition) is 0. The van der Waals surface area contributed by atoms with E-state index in [9.17, 15) is 4.79 Å². The van der Waals surface area contributed by atoms with Crippen molar-refractivity contribution in [2.24, 2.45) is 5.92 Å². The molecule has 0 unspecified atom stereocenters. The molecule has 1 heterocycles. The average Bonchev–Trinajstić information content (AvgIpc) is 2.88. The number of nitrogens with zero attached hydrogens (tertiary/aromatic N) is 2. The highest BCUT2D eigenvalue weighted by molar-refractivity contribution is 9.10. The molecule has 0 radical (unpaired) electrons. The van der Waals surface area contributed by atoms with E-state index in [2.05, 4.69) is 20.9 Å². The Bertz CT molecular complexity index is 416. The number of pyridine rings is 1. The van der Waals surface area contributed by atoms with Crippen LogP contribution in [0.25, 0.3) is 0 Å². The Hall–Kier alpha value is -0.900. The third-order valence-electron chi connectivity index (χ3n) is 3.67. The molecule has 2 rings (SSSR count). The van der Waals surface area contributed by atoms with Crippen LogP contribution < -0.4 is 4.90 Å². The summed E-state index contributed by atoms with van der Waals surface area (Å²) in [5.74, 6) is 1.63. The topological polar surface area (TPSA) is 33.2 Å². The SMILES string of the molecule is CN(C(=O)CCC1CCCC1)c1cc(Br)ccn1. The van der Waals surface area contributed by atoms with Gasteiger partial charge in [-0.25, -0.2) is 4.98 Å². The predicted molar refractivity (Wildman–Crippen MR) is 76.5 cm³/mol. The number of aromatic nitrogens is 1. The van der Waals surface area contributed by atoms with Crippen LogP contribution >= 0.6 is 15.9 Å². The highest BCUT2D eigenvalue weighted by atomic mass is 79.9. The number of carbonyl (C=O) groups is 1. The van der Waals surface area contributed by atoms with Gasteiger partial charge >= 0.3 is 0 Å². The van der Waals surface area contributed by atoms with Crippen LogP contribution in [0.1, 0.15) is 38.5 Å². The fourth-order valence-corrected chi connectivity index (χ4v) is 2.82. The van der Waals surface area contributed by atoms with Crippen LogP contribution in [0.5, 0.6) is 0 Å². The van der Waals surface area contributed by atoms with E-state index in [0.29, 0.717) is 12.2 Å². The van der Waals surface area contributed by atoms with Crippen LogP contribution in [0.2, 0.25) is 0 Å². The number of hydrogen-bond acceptors (Lipinski definition) is 2. The minimum Gasteiger partial charge on any atom is -0.300 e. The van der Waals surface area contributed by atoms with E-state index in [-0.39, 0.29) is 5.91 Å². The summed E-state index contributed by atoms with van der Waals surface area (Å²) in [6.45, 7) is 0. The molecule has 1 aliphatic rings. The quantitative estimate of drug-likeness (QED) is 0.848. The number of carbonyl (C=O) groups excluding carboxylic acids is 1. The van der Waals surface area contributed by atoms with E-state index in [1.807, 2.05) is 12.1 Å². The Balaban J connectivity index is 1.87. The van der Waals surface area contributed by atoms with Crippen molar-refractivity contribution in [1.29, 1.82) is 0 Å². The molecule has 0 bridgehead atoms. The lowest BCUT2D eigenvalue weighted by atomic mass is 10.0. The van der Waals surface area contributed by atoms with Gasteiger partial charge in [-0.3, -0.25) is 9.69 Å². The van der Waals surface area contributed by atoms with Crippen molar-refractivity contribution < 1.29 is 4.79 Å². The normalized spacial score (nSPS) is 15.9. The Kier molecular flexibility index (Phi) is 4.75. The molecule has 0 saturated heterocycles. The Morgan fingerprint density at radius 2 is 2.22 bits per heavy atom. The fraction of sp³-hybridized carbons (Fsp3) is 0.571. The minimum absolute atomic E-state index is 0.160. The summed E-state index contributed by atoms with van der Waals surface area (Å²) in [4.78, 5) is 18.0. The van der Waals surface area contributed by atoms with Gasteiger partial charge in [0.2, 0.25) is 5.91 Å². The Morgan fingerprint density at radius 1 is 1.50 bits per heavy atom. The van der Waals surface area contributed by atoms with Crippen LogP contribution in [0, 0.1) is 5.92 Å². The van der Waals surface area contributed by atoms with Crippen LogP contribution in [-0.2, 0) is 4.79 Å². The second kappa shape index (κ2) is 6.32. The van der Waals surface area contributed by atoms with Crippen molar-refractivity contribution in [2.75, 3.05) is 11.9 Å². The van der Waals surface area contributed by atoms with Gasteiger partial charge in [0, 0.05) is 24.1 Å². The van der Waals surface area contributed by atoms with Crippen LogP contribution in [0.3, 0.4) is 0 Å². The summed E-state index contributed by atoms with van der Waals surface area (Å²) < 4.78 is 0.947. The number of rotatable bonds is 4. The molecule has 0 aromatic carbocycles. The second-order valence-electron chi connectivity index (χ2n) is 4.97. The first-order valence-corrected chi connectivity index (χ1v) is 7.34. The molecule has 0 aliphatic heterocycles. The summed E-state index contributed by atoms with van der Waals surface area (Å²) in [5.41, 5.74) is 0. The zero-order valence-electron chi connectivity index (χ0n) is 10.7. The third kappa shape index (κ3) is 3.55. The van der Waals surface area contributed by atoms with Gasteiger partial charge in [-0.05, 0) is 24.5 Å². The monoisotopic (exact) mass is 310 g/mol. The zero-order valence-corrected chi connectivity index (χ0v) is 12.3. The van der Waals surface area contributed by atoms with Gasteiger partial charge in [-0.2, -0.15) is 0 Å². The molecule has 18 heavy (non-hydrogen) atoms. The highest BCUT2D eigenvalue weighted by Gasteiger charge is 2.18. The van der Waals surface area contributed by atoms with Crippen molar-refractivity contribution in [3.05, 3.63) is 22.8 Å². The zero-order chi connectivity index (χ0) is 13.0. The van der Waals surface area contributed by atoms with Crippen LogP contribution in [0.15, 0.2) is 22.8 Å². The van der Waals surface area contributed by atoms with Gasteiger partial charge < -0.3 is 0 Å². The molecule has 1 amide bonds. The van der Waals surface area contributed by atoms with E-state index in [1.165, 1.54) is 25.7 Å².